The van der Waals surface area contributed by atoms with Gasteiger partial charge in [0, 0.05) is 12.2 Å². The minimum Gasteiger partial charge on any atom is -0.398 e. The van der Waals surface area contributed by atoms with Crippen LogP contribution in [-0.2, 0) is 0 Å². The molecule has 0 unspecified atom stereocenters. The van der Waals surface area contributed by atoms with Crippen LogP contribution < -0.4 is 11.1 Å². The number of rotatable bonds is 4. The van der Waals surface area contributed by atoms with Crippen LogP contribution in [0, 0.1) is 17.2 Å². The zero-order valence-electron chi connectivity index (χ0n) is 11.5. The van der Waals surface area contributed by atoms with Crippen molar-refractivity contribution in [3.63, 3.8) is 0 Å². The second-order valence-corrected chi connectivity index (χ2v) is 5.17. The fraction of sp³-hybridized carbons (Fsp3) is 0.533. The first-order valence-electron chi connectivity index (χ1n) is 6.98. The first kappa shape index (κ1) is 13.7. The molecule has 1 heterocycles. The summed E-state index contributed by atoms with van der Waals surface area (Å²) in [6, 6.07) is 7.63. The Labute approximate surface area is 115 Å². The normalized spacial score (nSPS) is 17.1. The number of hydrogen-bond acceptors (Lipinski definition) is 4. The van der Waals surface area contributed by atoms with Crippen molar-refractivity contribution in [1.29, 1.82) is 5.26 Å². The summed E-state index contributed by atoms with van der Waals surface area (Å²) >= 11 is 0. The minimum absolute atomic E-state index is 0.543. The molecule has 2 rings (SSSR count). The van der Waals surface area contributed by atoms with Gasteiger partial charge in [-0.1, -0.05) is 6.92 Å². The van der Waals surface area contributed by atoms with Gasteiger partial charge in [-0.15, -0.1) is 0 Å². The van der Waals surface area contributed by atoms with E-state index in [1.165, 1.54) is 25.9 Å². The number of anilines is 2. The third-order valence-corrected chi connectivity index (χ3v) is 3.92. The molecule has 0 bridgehead atoms. The van der Waals surface area contributed by atoms with E-state index in [-0.39, 0.29) is 0 Å². The van der Waals surface area contributed by atoms with Gasteiger partial charge in [-0.25, -0.2) is 0 Å². The van der Waals surface area contributed by atoms with E-state index in [0.29, 0.717) is 11.3 Å². The number of likely N-dealkylation sites (tertiary alicyclic amines) is 1. The van der Waals surface area contributed by atoms with Crippen LogP contribution in [0.5, 0.6) is 0 Å². The number of nitrogen functional groups attached to an aromatic ring is 1. The lowest BCUT2D eigenvalue weighted by Gasteiger charge is -2.31. The lowest BCUT2D eigenvalue weighted by atomic mass is 9.96. The minimum atomic E-state index is 0.543. The monoisotopic (exact) mass is 258 g/mol. The Bertz CT molecular complexity index is 456. The van der Waals surface area contributed by atoms with Crippen molar-refractivity contribution in [3.8, 4) is 6.07 Å². The molecule has 4 heteroatoms. The lowest BCUT2D eigenvalue weighted by molar-refractivity contribution is 0.198. The van der Waals surface area contributed by atoms with Crippen LogP contribution in [0.15, 0.2) is 18.2 Å². The summed E-state index contributed by atoms with van der Waals surface area (Å²) in [5.74, 6) is 0.736. The molecule has 1 saturated heterocycles. The van der Waals surface area contributed by atoms with Gasteiger partial charge in [0.1, 0.15) is 6.07 Å². The molecular weight excluding hydrogens is 236 g/mol. The first-order chi connectivity index (χ1) is 9.22. The quantitative estimate of drug-likeness (QED) is 0.813. The SMILES string of the molecule is CCN1CCC(CNc2ccc(C#N)c(N)c2)CC1. The van der Waals surface area contributed by atoms with Gasteiger partial charge in [0.05, 0.1) is 11.3 Å². The van der Waals surface area contributed by atoms with Gasteiger partial charge in [-0.3, -0.25) is 0 Å². The van der Waals surface area contributed by atoms with E-state index in [1.807, 2.05) is 12.1 Å². The van der Waals surface area contributed by atoms with Crippen molar-refractivity contribution >= 4 is 11.4 Å². The molecule has 3 N–H and O–H groups in total. The Morgan fingerprint density at radius 2 is 2.16 bits per heavy atom. The molecule has 4 nitrogen and oxygen atoms in total. The van der Waals surface area contributed by atoms with Gasteiger partial charge in [0.2, 0.25) is 0 Å². The fourth-order valence-electron chi connectivity index (χ4n) is 2.54. The van der Waals surface area contributed by atoms with E-state index < -0.39 is 0 Å². The topological polar surface area (TPSA) is 65.1 Å². The van der Waals surface area contributed by atoms with E-state index in [9.17, 15) is 0 Å². The molecule has 1 aliphatic rings. The molecule has 0 atom stereocenters. The van der Waals surface area contributed by atoms with Crippen molar-refractivity contribution in [2.24, 2.45) is 5.92 Å². The molecule has 0 radical (unpaired) electrons. The molecule has 0 aromatic heterocycles. The van der Waals surface area contributed by atoms with Crippen molar-refractivity contribution in [3.05, 3.63) is 23.8 Å². The molecule has 0 saturated carbocycles. The Morgan fingerprint density at radius 3 is 2.74 bits per heavy atom. The number of nitrogens with two attached hydrogens (primary N) is 1. The molecule has 1 fully saturated rings. The van der Waals surface area contributed by atoms with Gasteiger partial charge in [0.25, 0.3) is 0 Å². The molecular formula is C15H22N4. The van der Waals surface area contributed by atoms with Crippen LogP contribution in [0.2, 0.25) is 0 Å². The first-order valence-corrected chi connectivity index (χ1v) is 6.98. The maximum atomic E-state index is 8.84. The molecule has 0 spiro atoms. The summed E-state index contributed by atoms with van der Waals surface area (Å²) in [6.07, 6.45) is 2.51. The van der Waals surface area contributed by atoms with Crippen LogP contribution in [0.3, 0.4) is 0 Å². The maximum Gasteiger partial charge on any atom is 0.101 e. The lowest BCUT2D eigenvalue weighted by Crippen LogP contribution is -2.35. The standard InChI is InChI=1S/C15H22N4/c1-2-19-7-5-12(6-8-19)11-18-14-4-3-13(10-16)15(17)9-14/h3-4,9,12,18H,2,5-8,11,17H2,1H3. The largest absolute Gasteiger partial charge is 0.398 e. The van der Waals surface area contributed by atoms with Crippen LogP contribution >= 0.6 is 0 Å². The highest BCUT2D eigenvalue weighted by Gasteiger charge is 2.17. The zero-order valence-corrected chi connectivity index (χ0v) is 11.5. The third kappa shape index (κ3) is 3.62. The number of benzene rings is 1. The third-order valence-electron chi connectivity index (χ3n) is 3.92. The molecule has 19 heavy (non-hydrogen) atoms. The van der Waals surface area contributed by atoms with E-state index in [4.69, 9.17) is 11.0 Å². The average Bonchev–Trinajstić information content (AvgIpc) is 2.46. The summed E-state index contributed by atoms with van der Waals surface area (Å²) in [7, 11) is 0. The smallest absolute Gasteiger partial charge is 0.101 e. The Morgan fingerprint density at radius 1 is 1.42 bits per heavy atom. The van der Waals surface area contributed by atoms with E-state index in [2.05, 4.69) is 23.2 Å². The van der Waals surface area contributed by atoms with Crippen LogP contribution in [0.4, 0.5) is 11.4 Å². The van der Waals surface area contributed by atoms with Crippen molar-refractivity contribution in [2.45, 2.75) is 19.8 Å². The molecule has 0 amide bonds. The second kappa shape index (κ2) is 6.44. The molecule has 1 aromatic carbocycles. The molecule has 0 aliphatic carbocycles. The van der Waals surface area contributed by atoms with E-state index in [1.54, 1.807) is 6.07 Å². The van der Waals surface area contributed by atoms with Gasteiger partial charge >= 0.3 is 0 Å². The number of nitrogens with zero attached hydrogens (tertiary/aromatic N) is 2. The van der Waals surface area contributed by atoms with Crippen LogP contribution in [-0.4, -0.2) is 31.1 Å². The molecule has 1 aromatic rings. The average molecular weight is 258 g/mol. The Kier molecular flexibility index (Phi) is 4.64. The van der Waals surface area contributed by atoms with Crippen molar-refractivity contribution in [2.75, 3.05) is 37.2 Å². The predicted molar refractivity (Wildman–Crippen MR) is 78.9 cm³/mol. The Hall–Kier alpha value is -1.73. The highest BCUT2D eigenvalue weighted by molar-refractivity contribution is 5.62. The van der Waals surface area contributed by atoms with Crippen LogP contribution in [0.1, 0.15) is 25.3 Å². The summed E-state index contributed by atoms with van der Waals surface area (Å²) in [6.45, 7) is 6.78. The summed E-state index contributed by atoms with van der Waals surface area (Å²) < 4.78 is 0. The fourth-order valence-corrected chi connectivity index (χ4v) is 2.54. The van der Waals surface area contributed by atoms with Crippen LogP contribution in [0.25, 0.3) is 0 Å². The second-order valence-electron chi connectivity index (χ2n) is 5.17. The summed E-state index contributed by atoms with van der Waals surface area (Å²) in [4.78, 5) is 2.50. The number of hydrogen-bond donors (Lipinski definition) is 2. The number of nitriles is 1. The predicted octanol–water partition coefficient (Wildman–Crippen LogP) is 2.28. The van der Waals surface area contributed by atoms with E-state index in [0.717, 1.165) is 24.7 Å². The molecule has 1 aliphatic heterocycles. The van der Waals surface area contributed by atoms with Gasteiger partial charge in [0.15, 0.2) is 0 Å². The van der Waals surface area contributed by atoms with Gasteiger partial charge in [-0.2, -0.15) is 5.26 Å². The van der Waals surface area contributed by atoms with Crippen molar-refractivity contribution in [1.82, 2.24) is 4.90 Å². The molecule has 102 valence electrons. The van der Waals surface area contributed by atoms with Gasteiger partial charge in [-0.05, 0) is 56.6 Å². The Balaban J connectivity index is 1.83. The zero-order chi connectivity index (χ0) is 13.7. The maximum absolute atomic E-state index is 8.84. The summed E-state index contributed by atoms with van der Waals surface area (Å²) in [5, 5.41) is 12.3. The number of nitrogens with one attached hydrogen (secondary N) is 1. The van der Waals surface area contributed by atoms with Gasteiger partial charge < -0.3 is 16.0 Å². The highest BCUT2D eigenvalue weighted by atomic mass is 15.1. The van der Waals surface area contributed by atoms with E-state index >= 15 is 0 Å². The highest BCUT2D eigenvalue weighted by Crippen LogP contribution is 2.20. The van der Waals surface area contributed by atoms with Crippen molar-refractivity contribution < 1.29 is 0 Å². The number of piperidine rings is 1. The summed E-state index contributed by atoms with van der Waals surface area (Å²) in [5.41, 5.74) is 7.91.